The zero-order valence-corrected chi connectivity index (χ0v) is 20.6. The molecule has 0 radical (unpaired) electrons. The number of carbonyl (C=O) groups excluding carboxylic acids is 1. The van der Waals surface area contributed by atoms with E-state index in [1.807, 2.05) is 0 Å². The molecule has 1 aliphatic rings. The Hall–Kier alpha value is -3.41. The van der Waals surface area contributed by atoms with E-state index in [-0.39, 0.29) is 24.9 Å². The fourth-order valence-electron chi connectivity index (χ4n) is 3.70. The number of carbonyl (C=O) groups is 1. The molecular weight excluding hydrogens is 467 g/mol. The molecule has 3 N–H and O–H groups in total. The van der Waals surface area contributed by atoms with Crippen molar-refractivity contribution >= 4 is 11.9 Å². The van der Waals surface area contributed by atoms with Crippen LogP contribution in [0.4, 0.5) is 10.3 Å². The number of H-pyrrole nitrogens is 1. The van der Waals surface area contributed by atoms with Crippen LogP contribution < -0.4 is 10.6 Å². The van der Waals surface area contributed by atoms with Gasteiger partial charge in [-0.15, -0.1) is 0 Å². The van der Waals surface area contributed by atoms with Crippen molar-refractivity contribution in [2.75, 3.05) is 45.3 Å². The molecule has 36 heavy (non-hydrogen) atoms. The van der Waals surface area contributed by atoms with Crippen LogP contribution in [-0.4, -0.2) is 65.9 Å². The number of hydrogen-bond acceptors (Lipinski definition) is 8. The summed E-state index contributed by atoms with van der Waals surface area (Å²) >= 11 is 0. The summed E-state index contributed by atoms with van der Waals surface area (Å²) in [6.45, 7) is 5.72. The van der Waals surface area contributed by atoms with Crippen molar-refractivity contribution in [3.8, 4) is 22.6 Å². The first-order valence-corrected chi connectivity index (χ1v) is 11.9. The van der Waals surface area contributed by atoms with Crippen molar-refractivity contribution in [3.05, 3.63) is 48.2 Å². The molecule has 2 aromatic heterocycles. The van der Waals surface area contributed by atoms with Crippen LogP contribution in [-0.2, 0) is 19.0 Å². The third-order valence-electron chi connectivity index (χ3n) is 5.75. The highest BCUT2D eigenvalue weighted by atomic mass is 19.1. The van der Waals surface area contributed by atoms with Gasteiger partial charge in [0.2, 0.25) is 18.1 Å². The fourth-order valence-corrected chi connectivity index (χ4v) is 3.70. The lowest BCUT2D eigenvalue weighted by Gasteiger charge is -2.35. The van der Waals surface area contributed by atoms with Gasteiger partial charge < -0.3 is 29.8 Å². The van der Waals surface area contributed by atoms with E-state index < -0.39 is 11.7 Å². The summed E-state index contributed by atoms with van der Waals surface area (Å²) in [5.41, 5.74) is 1.67. The van der Waals surface area contributed by atoms with Crippen molar-refractivity contribution in [3.63, 3.8) is 0 Å². The molecule has 0 bridgehead atoms. The van der Waals surface area contributed by atoms with Gasteiger partial charge in [-0.3, -0.25) is 4.79 Å². The zero-order valence-electron chi connectivity index (χ0n) is 20.6. The highest BCUT2D eigenvalue weighted by Gasteiger charge is 2.40. The van der Waals surface area contributed by atoms with Crippen LogP contribution in [0, 0.1) is 11.2 Å². The Bertz CT molecular complexity index is 1160. The minimum absolute atomic E-state index is 0.150. The second-order valence-corrected chi connectivity index (χ2v) is 8.81. The quantitative estimate of drug-likeness (QED) is 0.364. The van der Waals surface area contributed by atoms with Gasteiger partial charge in [0.1, 0.15) is 5.82 Å². The van der Waals surface area contributed by atoms with Gasteiger partial charge in [0.05, 0.1) is 42.3 Å². The normalized spacial score (nSPS) is 19.7. The molecule has 10 nitrogen and oxygen atoms in total. The smallest absolute Gasteiger partial charge is 0.230 e. The summed E-state index contributed by atoms with van der Waals surface area (Å²) in [7, 11) is 1.58. The maximum Gasteiger partial charge on any atom is 0.230 e. The van der Waals surface area contributed by atoms with E-state index in [0.29, 0.717) is 47.6 Å². The highest BCUT2D eigenvalue weighted by Crippen LogP contribution is 2.35. The Labute approximate surface area is 209 Å². The molecule has 1 aliphatic heterocycles. The van der Waals surface area contributed by atoms with Crippen molar-refractivity contribution in [2.24, 2.45) is 5.41 Å². The van der Waals surface area contributed by atoms with Crippen LogP contribution in [0.3, 0.4) is 0 Å². The maximum absolute atomic E-state index is 13.6. The number of aromatic nitrogens is 4. The number of methoxy groups -OCH3 is 1. The molecule has 0 saturated carbocycles. The molecule has 4 rings (SSSR count). The lowest BCUT2D eigenvalue weighted by molar-refractivity contribution is -0.231. The van der Waals surface area contributed by atoms with Crippen molar-refractivity contribution in [1.82, 2.24) is 25.3 Å². The van der Waals surface area contributed by atoms with E-state index >= 15 is 0 Å². The molecule has 1 aromatic carbocycles. The van der Waals surface area contributed by atoms with Gasteiger partial charge in [-0.1, -0.05) is 6.92 Å². The van der Waals surface area contributed by atoms with Crippen LogP contribution in [0.2, 0.25) is 0 Å². The number of nitrogens with one attached hydrogen (secondary N) is 3. The van der Waals surface area contributed by atoms with Gasteiger partial charge in [-0.25, -0.2) is 19.3 Å². The number of nitrogens with zero attached hydrogens (tertiary/aromatic N) is 3. The lowest BCUT2D eigenvalue weighted by atomic mass is 9.91. The van der Waals surface area contributed by atoms with Gasteiger partial charge in [0.25, 0.3) is 0 Å². The predicted octanol–water partition coefficient (Wildman–Crippen LogP) is 3.31. The van der Waals surface area contributed by atoms with Crippen LogP contribution in [0.25, 0.3) is 22.6 Å². The summed E-state index contributed by atoms with van der Waals surface area (Å²) < 4.78 is 30.4. The topological polar surface area (TPSA) is 123 Å². The van der Waals surface area contributed by atoms with Crippen molar-refractivity contribution < 1.29 is 23.4 Å². The SMILES string of the molecule is CCCNc1nccc(-c2[nH]c(C3OCC(C)(C(=O)NCCOC)CO3)nc2-c2ccc(F)cc2)n1. The van der Waals surface area contributed by atoms with E-state index in [4.69, 9.17) is 19.2 Å². The van der Waals surface area contributed by atoms with Crippen molar-refractivity contribution in [1.29, 1.82) is 0 Å². The molecule has 0 unspecified atom stereocenters. The van der Waals surface area contributed by atoms with Gasteiger partial charge in [-0.2, -0.15) is 0 Å². The largest absolute Gasteiger partial charge is 0.383 e. The number of ether oxygens (including phenoxy) is 3. The van der Waals surface area contributed by atoms with E-state index in [1.165, 1.54) is 12.1 Å². The number of anilines is 1. The molecule has 3 aromatic rings. The first-order chi connectivity index (χ1) is 17.4. The average molecular weight is 499 g/mol. The minimum atomic E-state index is -0.841. The van der Waals surface area contributed by atoms with Crippen LogP contribution in [0.15, 0.2) is 36.5 Å². The van der Waals surface area contributed by atoms with E-state index in [9.17, 15) is 9.18 Å². The Kier molecular flexibility index (Phi) is 8.24. The first kappa shape index (κ1) is 25.7. The van der Waals surface area contributed by atoms with E-state index in [1.54, 1.807) is 38.4 Å². The van der Waals surface area contributed by atoms with Gasteiger partial charge in [0.15, 0.2) is 5.82 Å². The third kappa shape index (κ3) is 5.86. The van der Waals surface area contributed by atoms with E-state index in [0.717, 1.165) is 13.0 Å². The molecule has 1 saturated heterocycles. The number of halogens is 1. The average Bonchev–Trinajstić information content (AvgIpc) is 3.34. The molecule has 11 heteroatoms. The molecule has 0 atom stereocenters. The molecule has 0 spiro atoms. The van der Waals surface area contributed by atoms with Crippen LogP contribution in [0.1, 0.15) is 32.4 Å². The molecule has 192 valence electrons. The standard InChI is InChI=1S/C25H31FN6O4/c1-4-10-28-24-29-11-9-18(30-24)20-19(16-5-7-17(26)8-6-16)31-21(32-20)22-35-14-25(2,15-36-22)23(33)27-12-13-34-3/h5-9,11,22H,4,10,12-15H2,1-3H3,(H,27,33)(H,31,32)(H,28,29,30). The Balaban J connectivity index is 1.59. The number of amides is 1. The Morgan fingerprint density at radius 1 is 1.19 bits per heavy atom. The van der Waals surface area contributed by atoms with Crippen LogP contribution >= 0.6 is 0 Å². The highest BCUT2D eigenvalue weighted by molar-refractivity contribution is 5.82. The van der Waals surface area contributed by atoms with E-state index in [2.05, 4.69) is 32.5 Å². The minimum Gasteiger partial charge on any atom is -0.383 e. The number of rotatable bonds is 10. The predicted molar refractivity (Wildman–Crippen MR) is 131 cm³/mol. The summed E-state index contributed by atoms with van der Waals surface area (Å²) in [5.74, 6) is 0.410. The number of imidazole rings is 1. The molecule has 1 amide bonds. The molecule has 3 heterocycles. The van der Waals surface area contributed by atoms with Gasteiger partial charge in [0, 0.05) is 32.0 Å². The van der Waals surface area contributed by atoms with Crippen molar-refractivity contribution in [2.45, 2.75) is 26.6 Å². The Morgan fingerprint density at radius 3 is 2.64 bits per heavy atom. The lowest BCUT2D eigenvalue weighted by Crippen LogP contribution is -2.49. The molecule has 0 aliphatic carbocycles. The number of aromatic amines is 1. The summed E-state index contributed by atoms with van der Waals surface area (Å²) in [6, 6.07) is 7.83. The zero-order chi connectivity index (χ0) is 25.5. The number of hydrogen-bond donors (Lipinski definition) is 3. The van der Waals surface area contributed by atoms with Gasteiger partial charge in [-0.05, 0) is 43.7 Å². The summed E-state index contributed by atoms with van der Waals surface area (Å²) in [4.78, 5) is 29.5. The van der Waals surface area contributed by atoms with Gasteiger partial charge >= 0.3 is 0 Å². The van der Waals surface area contributed by atoms with Crippen LogP contribution in [0.5, 0.6) is 0 Å². The molecular formula is C25H31FN6O4. The fraction of sp³-hybridized carbons (Fsp3) is 0.440. The second-order valence-electron chi connectivity index (χ2n) is 8.81. The summed E-state index contributed by atoms with van der Waals surface area (Å²) in [6.07, 6.45) is 1.79. The second kappa shape index (κ2) is 11.5. The third-order valence-corrected chi connectivity index (χ3v) is 5.75. The molecule has 1 fully saturated rings. The monoisotopic (exact) mass is 498 g/mol. The first-order valence-electron chi connectivity index (χ1n) is 11.9. The Morgan fingerprint density at radius 2 is 1.94 bits per heavy atom. The maximum atomic E-state index is 13.6. The number of benzene rings is 1. The summed E-state index contributed by atoms with van der Waals surface area (Å²) in [5, 5.41) is 6.01.